The van der Waals surface area contributed by atoms with Crippen LogP contribution < -0.4 is 5.32 Å². The molecule has 2 rings (SSSR count). The average molecular weight is 285 g/mol. The van der Waals surface area contributed by atoms with Gasteiger partial charge in [0.25, 0.3) is 0 Å². The van der Waals surface area contributed by atoms with Crippen molar-refractivity contribution in [2.45, 2.75) is 19.6 Å². The van der Waals surface area contributed by atoms with Gasteiger partial charge in [-0.3, -0.25) is 0 Å². The van der Waals surface area contributed by atoms with Crippen molar-refractivity contribution in [2.24, 2.45) is 0 Å². The van der Waals surface area contributed by atoms with E-state index in [1.54, 1.807) is 19.2 Å². The summed E-state index contributed by atoms with van der Waals surface area (Å²) in [7, 11) is 0. The molecule has 106 valence electrons. The van der Waals surface area contributed by atoms with Gasteiger partial charge in [0, 0.05) is 11.9 Å². The third-order valence-corrected chi connectivity index (χ3v) is 2.58. The molecule has 0 radical (unpaired) electrons. The molecule has 0 amide bonds. The highest BCUT2D eigenvalue weighted by atomic mass is 19.4. The van der Waals surface area contributed by atoms with Gasteiger partial charge in [-0.25, -0.2) is 14.4 Å². The van der Waals surface area contributed by atoms with Crippen LogP contribution in [-0.2, 0) is 12.7 Å². The molecular weight excluding hydrogens is 274 g/mol. The maximum Gasteiger partial charge on any atom is 0.419 e. The first-order chi connectivity index (χ1) is 9.36. The molecule has 1 N–H and O–H groups in total. The molecule has 0 saturated heterocycles. The van der Waals surface area contributed by atoms with Gasteiger partial charge in [0.2, 0.25) is 0 Å². The van der Waals surface area contributed by atoms with Gasteiger partial charge in [-0.1, -0.05) is 0 Å². The van der Waals surface area contributed by atoms with Crippen LogP contribution in [0.15, 0.2) is 30.5 Å². The second-order valence-corrected chi connectivity index (χ2v) is 4.14. The first-order valence-corrected chi connectivity index (χ1v) is 5.75. The molecule has 0 aliphatic rings. The molecule has 0 aliphatic heterocycles. The Hall–Kier alpha value is -2.18. The van der Waals surface area contributed by atoms with Gasteiger partial charge in [0.15, 0.2) is 0 Å². The molecule has 1 heterocycles. The summed E-state index contributed by atoms with van der Waals surface area (Å²) in [5.74, 6) is -0.722. The number of alkyl halides is 3. The highest BCUT2D eigenvalue weighted by Crippen LogP contribution is 2.33. The van der Waals surface area contributed by atoms with Gasteiger partial charge in [0.05, 0.1) is 17.8 Å². The summed E-state index contributed by atoms with van der Waals surface area (Å²) >= 11 is 0. The van der Waals surface area contributed by atoms with Crippen molar-refractivity contribution in [3.05, 3.63) is 53.4 Å². The predicted molar refractivity (Wildman–Crippen MR) is 65.5 cm³/mol. The van der Waals surface area contributed by atoms with E-state index in [-0.39, 0.29) is 12.2 Å². The van der Waals surface area contributed by atoms with Gasteiger partial charge < -0.3 is 5.32 Å². The van der Waals surface area contributed by atoms with E-state index >= 15 is 0 Å². The number of nitrogens with zero attached hydrogens (tertiary/aromatic N) is 2. The minimum Gasteiger partial charge on any atom is -0.379 e. The Bertz CT molecular complexity index is 611. The molecule has 0 atom stereocenters. The second kappa shape index (κ2) is 5.44. The number of halogens is 4. The lowest BCUT2D eigenvalue weighted by molar-refractivity contribution is -0.139. The number of hydrogen-bond donors (Lipinski definition) is 1. The highest BCUT2D eigenvalue weighted by molar-refractivity contribution is 5.47. The van der Waals surface area contributed by atoms with Gasteiger partial charge in [0.1, 0.15) is 11.6 Å². The fraction of sp³-hybridized carbons (Fsp3) is 0.231. The van der Waals surface area contributed by atoms with Crippen molar-refractivity contribution in [2.75, 3.05) is 5.32 Å². The minimum absolute atomic E-state index is 0.176. The van der Waals surface area contributed by atoms with Crippen molar-refractivity contribution in [3.8, 4) is 0 Å². The Balaban J connectivity index is 2.14. The lowest BCUT2D eigenvalue weighted by Gasteiger charge is -2.11. The first kappa shape index (κ1) is 14.2. The summed E-state index contributed by atoms with van der Waals surface area (Å²) in [6.07, 6.45) is -3.15. The van der Waals surface area contributed by atoms with Crippen molar-refractivity contribution in [1.82, 2.24) is 9.97 Å². The molecule has 1 aromatic heterocycles. The number of anilines is 1. The number of hydrogen-bond acceptors (Lipinski definition) is 3. The zero-order chi connectivity index (χ0) is 14.8. The van der Waals surface area contributed by atoms with Crippen LogP contribution >= 0.6 is 0 Å². The third kappa shape index (κ3) is 3.43. The number of aryl methyl sites for hydroxylation is 1. The van der Waals surface area contributed by atoms with Crippen LogP contribution in [0.25, 0.3) is 0 Å². The fourth-order valence-electron chi connectivity index (χ4n) is 1.65. The van der Waals surface area contributed by atoms with Crippen LogP contribution in [0.1, 0.15) is 17.1 Å². The lowest BCUT2D eigenvalue weighted by atomic mass is 10.2. The average Bonchev–Trinajstić information content (AvgIpc) is 2.36. The van der Waals surface area contributed by atoms with Crippen LogP contribution in [0.5, 0.6) is 0 Å². The van der Waals surface area contributed by atoms with Gasteiger partial charge in [-0.15, -0.1) is 0 Å². The van der Waals surface area contributed by atoms with Crippen LogP contribution in [0.3, 0.4) is 0 Å². The predicted octanol–water partition coefficient (Wildman–Crippen LogP) is 3.56. The smallest absolute Gasteiger partial charge is 0.379 e. The molecule has 3 nitrogen and oxygen atoms in total. The van der Waals surface area contributed by atoms with E-state index in [0.717, 1.165) is 12.1 Å². The topological polar surface area (TPSA) is 37.8 Å². The van der Waals surface area contributed by atoms with Crippen molar-refractivity contribution < 1.29 is 17.6 Å². The van der Waals surface area contributed by atoms with Crippen LogP contribution in [0.4, 0.5) is 23.2 Å². The number of rotatable bonds is 3. The lowest BCUT2D eigenvalue weighted by Crippen LogP contribution is -2.10. The van der Waals surface area contributed by atoms with E-state index in [4.69, 9.17) is 0 Å². The first-order valence-electron chi connectivity index (χ1n) is 5.75. The van der Waals surface area contributed by atoms with E-state index in [2.05, 4.69) is 15.3 Å². The van der Waals surface area contributed by atoms with Gasteiger partial charge in [-0.05, 0) is 31.2 Å². The summed E-state index contributed by atoms with van der Waals surface area (Å²) < 4.78 is 50.8. The molecule has 0 bridgehead atoms. The quantitative estimate of drug-likeness (QED) is 0.876. The summed E-state index contributed by atoms with van der Waals surface area (Å²) in [6, 6.07) is 4.42. The molecule has 7 heteroatoms. The molecule has 0 spiro atoms. The van der Waals surface area contributed by atoms with E-state index < -0.39 is 17.6 Å². The largest absolute Gasteiger partial charge is 0.419 e. The fourth-order valence-corrected chi connectivity index (χ4v) is 1.65. The van der Waals surface area contributed by atoms with E-state index in [0.29, 0.717) is 11.5 Å². The van der Waals surface area contributed by atoms with Crippen molar-refractivity contribution in [3.63, 3.8) is 0 Å². The summed E-state index contributed by atoms with van der Waals surface area (Å²) in [4.78, 5) is 8.02. The van der Waals surface area contributed by atoms with E-state index in [1.807, 2.05) is 0 Å². The van der Waals surface area contributed by atoms with E-state index in [1.165, 1.54) is 6.07 Å². The zero-order valence-corrected chi connectivity index (χ0v) is 10.5. The Morgan fingerprint density at radius 3 is 2.60 bits per heavy atom. The number of aromatic nitrogens is 2. The van der Waals surface area contributed by atoms with Crippen LogP contribution in [0.2, 0.25) is 0 Å². The Kier molecular flexibility index (Phi) is 3.87. The van der Waals surface area contributed by atoms with Gasteiger partial charge in [-0.2, -0.15) is 13.2 Å². The summed E-state index contributed by atoms with van der Waals surface area (Å²) in [6.45, 7) is 1.94. The molecule has 0 aliphatic carbocycles. The Labute approximate surface area is 112 Å². The normalized spacial score (nSPS) is 11.4. The van der Waals surface area contributed by atoms with Crippen LogP contribution in [0, 0.1) is 12.7 Å². The minimum atomic E-state index is -4.72. The van der Waals surface area contributed by atoms with Gasteiger partial charge >= 0.3 is 6.18 Å². The highest BCUT2D eigenvalue weighted by Gasteiger charge is 2.34. The Morgan fingerprint density at radius 1 is 1.20 bits per heavy atom. The summed E-state index contributed by atoms with van der Waals surface area (Å²) in [5.41, 5.74) is -0.480. The molecule has 0 unspecified atom stereocenters. The second-order valence-electron chi connectivity index (χ2n) is 4.14. The molecule has 20 heavy (non-hydrogen) atoms. The maximum atomic E-state index is 13.1. The monoisotopic (exact) mass is 285 g/mol. The van der Waals surface area contributed by atoms with Crippen molar-refractivity contribution in [1.29, 1.82) is 0 Å². The third-order valence-electron chi connectivity index (χ3n) is 2.58. The molecule has 0 fully saturated rings. The standard InChI is InChI=1S/C13H11F4N3/c1-8-18-5-4-10(20-8)7-19-9-2-3-12(14)11(6-9)13(15,16)17/h2-6,19H,7H2,1H3. The molecular formula is C13H11F4N3. The van der Waals surface area contributed by atoms with Crippen molar-refractivity contribution >= 4 is 5.69 Å². The molecule has 0 saturated carbocycles. The number of benzene rings is 1. The molecule has 2 aromatic rings. The summed E-state index contributed by atoms with van der Waals surface area (Å²) in [5, 5.41) is 2.77. The van der Waals surface area contributed by atoms with Crippen LogP contribution in [-0.4, -0.2) is 9.97 Å². The maximum absolute atomic E-state index is 13.1. The SMILES string of the molecule is Cc1nccc(CNc2ccc(F)c(C(F)(F)F)c2)n1. The van der Waals surface area contributed by atoms with E-state index in [9.17, 15) is 17.6 Å². The Morgan fingerprint density at radius 2 is 1.95 bits per heavy atom. The molecule has 1 aromatic carbocycles. The zero-order valence-electron chi connectivity index (χ0n) is 10.5. The number of nitrogens with one attached hydrogen (secondary N) is 1.